The Balaban J connectivity index is 2.18. The number of carboxylic acids is 1. The van der Waals surface area contributed by atoms with Crippen LogP contribution in [0.25, 0.3) is 0 Å². The van der Waals surface area contributed by atoms with E-state index in [0.717, 1.165) is 12.3 Å². The van der Waals surface area contributed by atoms with Crippen molar-refractivity contribution in [1.29, 1.82) is 0 Å². The normalized spacial score (nSPS) is 23.2. The number of aliphatic carboxylic acids is 1. The second-order valence-corrected chi connectivity index (χ2v) is 5.09. The van der Waals surface area contributed by atoms with Crippen molar-refractivity contribution in [2.45, 2.75) is 19.8 Å². The maximum absolute atomic E-state index is 13.0. The number of hydrogen-bond donors (Lipinski definition) is 1. The van der Waals surface area contributed by atoms with Gasteiger partial charge in [-0.15, -0.1) is 0 Å². The van der Waals surface area contributed by atoms with E-state index in [1.807, 2.05) is 0 Å². The summed E-state index contributed by atoms with van der Waals surface area (Å²) in [7, 11) is 0. The lowest BCUT2D eigenvalue weighted by Crippen LogP contribution is -2.48. The molecule has 0 radical (unpaired) electrons. The lowest BCUT2D eigenvalue weighted by atomic mass is 9.82. The van der Waals surface area contributed by atoms with Gasteiger partial charge in [0, 0.05) is 19.3 Å². The average molecular weight is 266 g/mol. The number of nitrogens with zero attached hydrogens (tertiary/aromatic N) is 2. The largest absolute Gasteiger partial charge is 0.481 e. The molecule has 1 aromatic heterocycles. The standard InChI is InChI=1S/C13H15FN2O3/c1-13(12(18)19)3-2-4-16(8-13)11(17)9-5-10(14)7-15-6-9/h5-7H,2-4,8H2,1H3,(H,18,19). The summed E-state index contributed by atoms with van der Waals surface area (Å²) in [5.41, 5.74) is -0.788. The van der Waals surface area contributed by atoms with Crippen LogP contribution in [0.5, 0.6) is 0 Å². The molecule has 0 aliphatic carbocycles. The molecule has 1 aliphatic heterocycles. The Hall–Kier alpha value is -1.98. The SMILES string of the molecule is CC1(C(=O)O)CCCN(C(=O)c2cncc(F)c2)C1. The third kappa shape index (κ3) is 2.72. The molecule has 2 rings (SSSR count). The Morgan fingerprint density at radius 1 is 1.47 bits per heavy atom. The van der Waals surface area contributed by atoms with E-state index in [1.165, 1.54) is 11.1 Å². The van der Waals surface area contributed by atoms with E-state index in [9.17, 15) is 19.1 Å². The van der Waals surface area contributed by atoms with E-state index in [4.69, 9.17) is 0 Å². The zero-order valence-corrected chi connectivity index (χ0v) is 10.6. The minimum absolute atomic E-state index is 0.137. The van der Waals surface area contributed by atoms with Gasteiger partial charge in [-0.05, 0) is 25.8 Å². The van der Waals surface area contributed by atoms with Crippen molar-refractivity contribution in [3.8, 4) is 0 Å². The summed E-state index contributed by atoms with van der Waals surface area (Å²) in [5, 5.41) is 9.20. The molecule has 1 unspecified atom stereocenters. The zero-order chi connectivity index (χ0) is 14.0. The first-order valence-electron chi connectivity index (χ1n) is 6.06. The number of halogens is 1. The molecule has 1 atom stereocenters. The van der Waals surface area contributed by atoms with Crippen molar-refractivity contribution < 1.29 is 19.1 Å². The first kappa shape index (κ1) is 13.5. The highest BCUT2D eigenvalue weighted by molar-refractivity contribution is 5.94. The molecule has 1 amide bonds. The van der Waals surface area contributed by atoms with Crippen LogP contribution in [0.3, 0.4) is 0 Å². The maximum Gasteiger partial charge on any atom is 0.311 e. The predicted octanol–water partition coefficient (Wildman–Crippen LogP) is 1.55. The van der Waals surface area contributed by atoms with Crippen LogP contribution in [-0.4, -0.2) is 40.0 Å². The molecular formula is C13H15FN2O3. The maximum atomic E-state index is 13.0. The highest BCUT2D eigenvalue weighted by Gasteiger charge is 2.39. The molecule has 0 bridgehead atoms. The first-order valence-corrected chi connectivity index (χ1v) is 6.06. The molecule has 1 saturated heterocycles. The Morgan fingerprint density at radius 3 is 2.84 bits per heavy atom. The summed E-state index contributed by atoms with van der Waals surface area (Å²) in [6, 6.07) is 1.11. The quantitative estimate of drug-likeness (QED) is 0.881. The van der Waals surface area contributed by atoms with Gasteiger partial charge in [-0.2, -0.15) is 0 Å². The Morgan fingerprint density at radius 2 is 2.21 bits per heavy atom. The third-order valence-corrected chi connectivity index (χ3v) is 3.45. The van der Waals surface area contributed by atoms with Crippen molar-refractivity contribution in [3.63, 3.8) is 0 Å². The Bertz CT molecular complexity index is 520. The van der Waals surface area contributed by atoms with Crippen LogP contribution in [-0.2, 0) is 4.79 Å². The van der Waals surface area contributed by atoms with Gasteiger partial charge in [-0.3, -0.25) is 14.6 Å². The van der Waals surface area contributed by atoms with Crippen molar-refractivity contribution in [2.24, 2.45) is 5.41 Å². The lowest BCUT2D eigenvalue weighted by Gasteiger charge is -2.37. The van der Waals surface area contributed by atoms with Gasteiger partial charge < -0.3 is 10.0 Å². The Kier molecular flexibility index (Phi) is 3.50. The molecule has 102 valence electrons. The van der Waals surface area contributed by atoms with Crippen molar-refractivity contribution in [2.75, 3.05) is 13.1 Å². The fourth-order valence-electron chi connectivity index (χ4n) is 2.30. The summed E-state index contributed by atoms with van der Waals surface area (Å²) in [4.78, 5) is 28.5. The van der Waals surface area contributed by atoms with Gasteiger partial charge in [0.25, 0.3) is 5.91 Å². The molecular weight excluding hydrogens is 251 g/mol. The highest BCUT2D eigenvalue weighted by atomic mass is 19.1. The van der Waals surface area contributed by atoms with Crippen LogP contribution >= 0.6 is 0 Å². The van der Waals surface area contributed by atoms with Gasteiger partial charge in [0.15, 0.2) is 0 Å². The molecule has 19 heavy (non-hydrogen) atoms. The van der Waals surface area contributed by atoms with Crippen LogP contribution in [0.4, 0.5) is 4.39 Å². The molecule has 5 nitrogen and oxygen atoms in total. The van der Waals surface area contributed by atoms with Crippen molar-refractivity contribution >= 4 is 11.9 Å². The molecule has 2 heterocycles. The van der Waals surface area contributed by atoms with E-state index in [2.05, 4.69) is 4.98 Å². The number of carboxylic acid groups (broad SMARTS) is 1. The number of carbonyl (C=O) groups excluding carboxylic acids is 1. The summed E-state index contributed by atoms with van der Waals surface area (Å²) < 4.78 is 13.0. The molecule has 0 spiro atoms. The number of carbonyl (C=O) groups is 2. The molecule has 0 aromatic carbocycles. The third-order valence-electron chi connectivity index (χ3n) is 3.45. The summed E-state index contributed by atoms with van der Waals surface area (Å²) in [6.07, 6.45) is 3.47. The highest BCUT2D eigenvalue weighted by Crippen LogP contribution is 2.30. The molecule has 1 fully saturated rings. The van der Waals surface area contributed by atoms with Gasteiger partial charge in [-0.1, -0.05) is 0 Å². The van der Waals surface area contributed by atoms with Gasteiger partial charge in [0.1, 0.15) is 5.82 Å². The molecule has 1 aromatic rings. The molecule has 1 N–H and O–H groups in total. The van der Waals surface area contributed by atoms with E-state index in [0.29, 0.717) is 19.4 Å². The number of aromatic nitrogens is 1. The first-order chi connectivity index (χ1) is 8.92. The van der Waals surface area contributed by atoms with E-state index in [1.54, 1.807) is 6.92 Å². The summed E-state index contributed by atoms with van der Waals surface area (Å²) in [6.45, 7) is 2.24. The fourth-order valence-corrected chi connectivity index (χ4v) is 2.30. The van der Waals surface area contributed by atoms with Crippen molar-refractivity contribution in [3.05, 3.63) is 29.8 Å². The van der Waals surface area contributed by atoms with E-state index in [-0.39, 0.29) is 18.0 Å². The summed E-state index contributed by atoms with van der Waals surface area (Å²) in [5.74, 6) is -1.87. The van der Waals surface area contributed by atoms with Crippen LogP contribution in [0.1, 0.15) is 30.1 Å². The molecule has 1 aliphatic rings. The van der Waals surface area contributed by atoms with Crippen LogP contribution in [0.15, 0.2) is 18.5 Å². The van der Waals surface area contributed by atoms with Crippen LogP contribution in [0, 0.1) is 11.2 Å². The summed E-state index contributed by atoms with van der Waals surface area (Å²) >= 11 is 0. The van der Waals surface area contributed by atoms with Crippen LogP contribution in [0.2, 0.25) is 0 Å². The zero-order valence-electron chi connectivity index (χ0n) is 10.6. The molecule has 0 saturated carbocycles. The van der Waals surface area contributed by atoms with E-state index >= 15 is 0 Å². The van der Waals surface area contributed by atoms with E-state index < -0.39 is 17.2 Å². The Labute approximate surface area is 110 Å². The number of piperidine rings is 1. The minimum Gasteiger partial charge on any atom is -0.481 e. The van der Waals surface area contributed by atoms with Crippen molar-refractivity contribution in [1.82, 2.24) is 9.88 Å². The van der Waals surface area contributed by atoms with Gasteiger partial charge in [0.2, 0.25) is 0 Å². The number of hydrogen-bond acceptors (Lipinski definition) is 3. The number of pyridine rings is 1. The molecule has 6 heteroatoms. The van der Waals surface area contributed by atoms with Gasteiger partial charge >= 0.3 is 5.97 Å². The number of likely N-dealkylation sites (tertiary alicyclic amines) is 1. The number of amides is 1. The lowest BCUT2D eigenvalue weighted by molar-refractivity contribution is -0.150. The van der Waals surface area contributed by atoms with Crippen LogP contribution < -0.4 is 0 Å². The number of rotatable bonds is 2. The smallest absolute Gasteiger partial charge is 0.311 e. The van der Waals surface area contributed by atoms with Gasteiger partial charge in [0.05, 0.1) is 17.2 Å². The van der Waals surface area contributed by atoms with Gasteiger partial charge in [-0.25, -0.2) is 4.39 Å². The minimum atomic E-state index is -0.936. The second-order valence-electron chi connectivity index (χ2n) is 5.09. The monoisotopic (exact) mass is 266 g/mol. The topological polar surface area (TPSA) is 70.5 Å². The fraction of sp³-hybridized carbons (Fsp3) is 0.462. The second kappa shape index (κ2) is 4.95. The average Bonchev–Trinajstić information content (AvgIpc) is 2.38. The predicted molar refractivity (Wildman–Crippen MR) is 65.1 cm³/mol.